The topological polar surface area (TPSA) is 152 Å². The highest BCUT2D eigenvalue weighted by molar-refractivity contribution is 5.94. The monoisotopic (exact) mass is 263 g/mol. The molecular formula is C9H13NO8. The molecule has 9 heteroatoms. The first-order valence-electron chi connectivity index (χ1n) is 4.90. The molecule has 0 saturated carbocycles. The van der Waals surface area contributed by atoms with Crippen molar-refractivity contribution >= 4 is 24.1 Å². The third kappa shape index (κ3) is 3.09. The van der Waals surface area contributed by atoms with Gasteiger partial charge in [-0.3, -0.25) is 4.79 Å². The summed E-state index contributed by atoms with van der Waals surface area (Å²) in [7, 11) is 0. The van der Waals surface area contributed by atoms with Crippen molar-refractivity contribution < 1.29 is 39.6 Å². The number of hydrogen-bond acceptors (Lipinski definition) is 4. The summed E-state index contributed by atoms with van der Waals surface area (Å²) in [6.45, 7) is 1.27. The molecule has 0 aromatic heterocycles. The van der Waals surface area contributed by atoms with Gasteiger partial charge in [-0.05, 0) is 12.8 Å². The van der Waals surface area contributed by atoms with Gasteiger partial charge < -0.3 is 20.4 Å². The molecule has 0 unspecified atom stereocenters. The van der Waals surface area contributed by atoms with Crippen LogP contribution in [0.4, 0.5) is 9.59 Å². The maximum Gasteiger partial charge on any atom is 0.417 e. The van der Waals surface area contributed by atoms with Gasteiger partial charge in [-0.25, -0.2) is 14.4 Å². The van der Waals surface area contributed by atoms with Crippen LogP contribution in [0.5, 0.6) is 0 Å². The van der Waals surface area contributed by atoms with Gasteiger partial charge in [-0.15, -0.1) is 0 Å². The fraction of sp³-hybridized carbons (Fsp3) is 0.556. The number of carboxylic acid groups (broad SMARTS) is 4. The highest BCUT2D eigenvalue weighted by Crippen LogP contribution is 2.27. The lowest BCUT2D eigenvalue weighted by atomic mass is 9.88. The van der Waals surface area contributed by atoms with Crippen molar-refractivity contribution in [3.05, 3.63) is 0 Å². The molecule has 0 fully saturated rings. The van der Waals surface area contributed by atoms with E-state index in [2.05, 4.69) is 0 Å². The Bertz CT molecular complexity index is 365. The molecule has 18 heavy (non-hydrogen) atoms. The average Bonchev–Trinajstić information content (AvgIpc) is 2.21. The predicted molar refractivity (Wildman–Crippen MR) is 55.4 cm³/mol. The van der Waals surface area contributed by atoms with Crippen LogP contribution >= 0.6 is 0 Å². The molecule has 0 aromatic carbocycles. The molecule has 0 aliphatic heterocycles. The van der Waals surface area contributed by atoms with Crippen molar-refractivity contribution in [3.63, 3.8) is 0 Å². The number of carboxylic acids is 2. The van der Waals surface area contributed by atoms with Crippen molar-refractivity contribution in [1.29, 1.82) is 0 Å². The van der Waals surface area contributed by atoms with Crippen LogP contribution in [0, 0.1) is 0 Å². The van der Waals surface area contributed by atoms with Crippen molar-refractivity contribution in [3.8, 4) is 0 Å². The molecule has 0 spiro atoms. The molecule has 4 N–H and O–H groups in total. The maximum absolute atomic E-state index is 11.2. The molecule has 0 aliphatic rings. The van der Waals surface area contributed by atoms with E-state index in [9.17, 15) is 19.2 Å². The molecule has 0 saturated heterocycles. The van der Waals surface area contributed by atoms with Gasteiger partial charge in [0.1, 0.15) is 0 Å². The zero-order valence-electron chi connectivity index (χ0n) is 9.49. The number of rotatable bonds is 6. The van der Waals surface area contributed by atoms with Crippen LogP contribution in [0.15, 0.2) is 0 Å². The zero-order chi connectivity index (χ0) is 14.5. The standard InChI is InChI=1S/C9H13NO8/c1-2-9(6(13)14,4-3-5(11)12)10(7(15)16)8(17)18/h2-4H2,1H3,(H,11,12)(H,13,14)(H,15,16)(H,17,18)/t9-/m0/s1. The highest BCUT2D eigenvalue weighted by Gasteiger charge is 2.49. The largest absolute Gasteiger partial charge is 0.481 e. The van der Waals surface area contributed by atoms with E-state index in [0.717, 1.165) is 0 Å². The number of nitrogens with zero attached hydrogens (tertiary/aromatic N) is 1. The van der Waals surface area contributed by atoms with Crippen LogP contribution in [0.2, 0.25) is 0 Å². The zero-order valence-corrected chi connectivity index (χ0v) is 9.49. The van der Waals surface area contributed by atoms with Crippen LogP contribution in [0.1, 0.15) is 26.2 Å². The van der Waals surface area contributed by atoms with Gasteiger partial charge >= 0.3 is 24.1 Å². The molecule has 0 rings (SSSR count). The van der Waals surface area contributed by atoms with Crippen LogP contribution in [-0.2, 0) is 9.59 Å². The Morgan fingerprint density at radius 2 is 1.44 bits per heavy atom. The fourth-order valence-corrected chi connectivity index (χ4v) is 1.56. The second kappa shape index (κ2) is 5.84. The third-order valence-corrected chi connectivity index (χ3v) is 2.55. The summed E-state index contributed by atoms with van der Waals surface area (Å²) in [5.41, 5.74) is -2.30. The fourth-order valence-electron chi connectivity index (χ4n) is 1.56. The average molecular weight is 263 g/mol. The van der Waals surface area contributed by atoms with E-state index in [1.54, 1.807) is 0 Å². The lowest BCUT2D eigenvalue weighted by Crippen LogP contribution is -2.58. The Morgan fingerprint density at radius 1 is 1.00 bits per heavy atom. The van der Waals surface area contributed by atoms with E-state index in [1.807, 2.05) is 0 Å². The van der Waals surface area contributed by atoms with Gasteiger partial charge in [0.2, 0.25) is 0 Å². The van der Waals surface area contributed by atoms with Crippen LogP contribution in [-0.4, -0.2) is 55.0 Å². The Hall–Kier alpha value is -2.32. The van der Waals surface area contributed by atoms with Gasteiger partial charge in [-0.1, -0.05) is 6.92 Å². The van der Waals surface area contributed by atoms with Crippen LogP contribution in [0.25, 0.3) is 0 Å². The molecule has 2 amide bonds. The Kier molecular flexibility index (Phi) is 5.09. The number of amides is 2. The summed E-state index contributed by atoms with van der Waals surface area (Å²) in [5.74, 6) is -3.04. The summed E-state index contributed by atoms with van der Waals surface area (Å²) in [6.07, 6.45) is -5.58. The van der Waals surface area contributed by atoms with Crippen molar-refractivity contribution in [2.75, 3.05) is 0 Å². The first-order chi connectivity index (χ1) is 8.19. The van der Waals surface area contributed by atoms with E-state index in [1.165, 1.54) is 6.92 Å². The van der Waals surface area contributed by atoms with Crippen molar-refractivity contribution in [2.24, 2.45) is 0 Å². The first kappa shape index (κ1) is 15.7. The summed E-state index contributed by atoms with van der Waals surface area (Å²) in [5, 5.41) is 35.1. The number of aliphatic carboxylic acids is 2. The lowest BCUT2D eigenvalue weighted by molar-refractivity contribution is -0.151. The first-order valence-corrected chi connectivity index (χ1v) is 4.90. The minimum absolute atomic E-state index is 0.266. The van der Waals surface area contributed by atoms with E-state index >= 15 is 0 Å². The summed E-state index contributed by atoms with van der Waals surface area (Å²) < 4.78 is 0. The Morgan fingerprint density at radius 3 is 1.67 bits per heavy atom. The predicted octanol–water partition coefficient (Wildman–Crippen LogP) is 0.743. The third-order valence-electron chi connectivity index (χ3n) is 2.55. The molecule has 0 heterocycles. The molecule has 1 atom stereocenters. The smallest absolute Gasteiger partial charge is 0.417 e. The maximum atomic E-state index is 11.2. The van der Waals surface area contributed by atoms with Crippen LogP contribution in [0.3, 0.4) is 0 Å². The summed E-state index contributed by atoms with van der Waals surface area (Å²) in [6, 6.07) is 0. The molecule has 102 valence electrons. The minimum Gasteiger partial charge on any atom is -0.481 e. The van der Waals surface area contributed by atoms with Crippen molar-refractivity contribution in [1.82, 2.24) is 4.90 Å². The van der Waals surface area contributed by atoms with Gasteiger partial charge in [0.05, 0.1) is 0 Å². The molecule has 0 aliphatic carbocycles. The molecule has 0 radical (unpaired) electrons. The Labute approximate surface area is 101 Å². The molecule has 0 aromatic rings. The second-order valence-corrected chi connectivity index (χ2v) is 3.48. The van der Waals surface area contributed by atoms with Crippen LogP contribution < -0.4 is 0 Å². The van der Waals surface area contributed by atoms with Gasteiger partial charge in [-0.2, -0.15) is 4.90 Å². The van der Waals surface area contributed by atoms with Gasteiger partial charge in [0, 0.05) is 6.42 Å². The van der Waals surface area contributed by atoms with E-state index < -0.39 is 42.5 Å². The van der Waals surface area contributed by atoms with E-state index in [-0.39, 0.29) is 11.3 Å². The lowest BCUT2D eigenvalue weighted by Gasteiger charge is -2.34. The normalized spacial score (nSPS) is 13.4. The SMILES string of the molecule is CC[C@](CCC(=O)O)(C(=O)O)N(C(=O)O)C(=O)O. The molecular weight excluding hydrogens is 250 g/mol. The second-order valence-electron chi connectivity index (χ2n) is 3.48. The quantitative estimate of drug-likeness (QED) is 0.547. The molecule has 9 nitrogen and oxygen atoms in total. The van der Waals surface area contributed by atoms with Crippen molar-refractivity contribution in [2.45, 2.75) is 31.7 Å². The van der Waals surface area contributed by atoms with Gasteiger partial charge in [0.15, 0.2) is 5.54 Å². The van der Waals surface area contributed by atoms with E-state index in [0.29, 0.717) is 0 Å². The summed E-state index contributed by atoms with van der Waals surface area (Å²) in [4.78, 5) is 43.0. The highest BCUT2D eigenvalue weighted by atomic mass is 16.4. The summed E-state index contributed by atoms with van der Waals surface area (Å²) >= 11 is 0. The molecule has 0 bridgehead atoms. The van der Waals surface area contributed by atoms with E-state index in [4.69, 9.17) is 20.4 Å². The number of imide groups is 1. The number of carbonyl (C=O) groups is 4. The van der Waals surface area contributed by atoms with Gasteiger partial charge in [0.25, 0.3) is 0 Å². The number of hydrogen-bond donors (Lipinski definition) is 4. The minimum atomic E-state index is -2.30. The Balaban J connectivity index is 5.54.